The van der Waals surface area contributed by atoms with Crippen molar-refractivity contribution in [2.45, 2.75) is 38.6 Å². The van der Waals surface area contributed by atoms with Crippen molar-refractivity contribution in [3.63, 3.8) is 0 Å². The number of rotatable bonds is 6. The number of carbonyl (C=O) groups excluding carboxylic acids is 1. The van der Waals surface area contributed by atoms with Gasteiger partial charge < -0.3 is 4.79 Å². The summed E-state index contributed by atoms with van der Waals surface area (Å²) >= 11 is 0. The summed E-state index contributed by atoms with van der Waals surface area (Å²) in [6.45, 7) is 11.7. The van der Waals surface area contributed by atoms with Gasteiger partial charge in [-0.2, -0.15) is 0 Å². The maximum atomic E-state index is 11.7. The van der Waals surface area contributed by atoms with Crippen LogP contribution in [0.25, 0.3) is 0 Å². The van der Waals surface area contributed by atoms with E-state index in [9.17, 15) is 4.79 Å². The Labute approximate surface area is 128 Å². The van der Waals surface area contributed by atoms with Crippen LogP contribution < -0.4 is 0 Å². The number of benzene rings is 1. The lowest BCUT2D eigenvalue weighted by molar-refractivity contribution is -0.113. The van der Waals surface area contributed by atoms with Crippen LogP contribution in [0.15, 0.2) is 30.3 Å². The molecule has 3 nitrogen and oxygen atoms in total. The second-order valence-corrected chi connectivity index (χ2v) is 6.47. The van der Waals surface area contributed by atoms with E-state index in [1.165, 1.54) is 6.42 Å². The summed E-state index contributed by atoms with van der Waals surface area (Å²) in [6, 6.07) is 10.8. The Morgan fingerprint density at radius 3 is 2.33 bits per heavy atom. The second-order valence-electron chi connectivity index (χ2n) is 6.47. The molecule has 0 amide bonds. The first-order valence-corrected chi connectivity index (χ1v) is 8.07. The first kappa shape index (κ1) is 16.2. The molecule has 0 aromatic heterocycles. The first-order chi connectivity index (χ1) is 10.1. The number of piperazine rings is 1. The van der Waals surface area contributed by atoms with Crippen molar-refractivity contribution in [2.24, 2.45) is 0 Å². The van der Waals surface area contributed by atoms with E-state index in [1.807, 2.05) is 18.2 Å². The summed E-state index contributed by atoms with van der Waals surface area (Å²) in [7, 11) is 0. The molecule has 1 aliphatic rings. The van der Waals surface area contributed by atoms with Gasteiger partial charge in [-0.3, -0.25) is 9.80 Å². The number of hydrogen-bond acceptors (Lipinski definition) is 3. The van der Waals surface area contributed by atoms with E-state index < -0.39 is 5.41 Å². The Morgan fingerprint density at radius 2 is 1.81 bits per heavy atom. The molecule has 0 spiro atoms. The zero-order chi connectivity index (χ0) is 15.3. The molecule has 2 atom stereocenters. The molecule has 0 radical (unpaired) electrons. The van der Waals surface area contributed by atoms with Gasteiger partial charge >= 0.3 is 0 Å². The highest BCUT2D eigenvalue weighted by molar-refractivity contribution is 5.68. The van der Waals surface area contributed by atoms with Gasteiger partial charge in [-0.1, -0.05) is 37.3 Å². The molecule has 0 N–H and O–H groups in total. The van der Waals surface area contributed by atoms with Gasteiger partial charge in [-0.15, -0.1) is 0 Å². The van der Waals surface area contributed by atoms with Crippen molar-refractivity contribution < 1.29 is 4.79 Å². The zero-order valence-corrected chi connectivity index (χ0v) is 13.6. The molecule has 0 aliphatic carbocycles. The molecule has 1 aromatic rings. The van der Waals surface area contributed by atoms with E-state index in [4.69, 9.17) is 0 Å². The summed E-state index contributed by atoms with van der Waals surface area (Å²) in [5.74, 6) is 0. The maximum absolute atomic E-state index is 11.7. The molecule has 0 bridgehead atoms. The summed E-state index contributed by atoms with van der Waals surface area (Å²) in [4.78, 5) is 16.7. The smallest absolute Gasteiger partial charge is 0.131 e. The molecule has 21 heavy (non-hydrogen) atoms. The summed E-state index contributed by atoms with van der Waals surface area (Å²) < 4.78 is 0. The van der Waals surface area contributed by atoms with Gasteiger partial charge in [0.1, 0.15) is 6.29 Å². The third kappa shape index (κ3) is 3.92. The van der Waals surface area contributed by atoms with Gasteiger partial charge in [-0.05, 0) is 25.8 Å². The van der Waals surface area contributed by atoms with E-state index in [-0.39, 0.29) is 0 Å². The minimum Gasteiger partial charge on any atom is -0.302 e. The SMILES string of the molecule is CCC(C)N1CCN(CC(C)(C=O)c2ccccc2)CC1. The van der Waals surface area contributed by atoms with E-state index >= 15 is 0 Å². The van der Waals surface area contributed by atoms with Gasteiger partial charge in [0, 0.05) is 38.8 Å². The molecule has 1 fully saturated rings. The van der Waals surface area contributed by atoms with E-state index in [0.717, 1.165) is 44.6 Å². The third-order valence-corrected chi connectivity index (χ3v) is 4.87. The fourth-order valence-corrected chi connectivity index (χ4v) is 3.10. The zero-order valence-electron chi connectivity index (χ0n) is 13.6. The normalized spacial score (nSPS) is 21.7. The Bertz CT molecular complexity index is 440. The summed E-state index contributed by atoms with van der Waals surface area (Å²) in [5, 5.41) is 0. The molecule has 1 saturated heterocycles. The molecular formula is C18H28N2O. The molecule has 0 saturated carbocycles. The van der Waals surface area contributed by atoms with Crippen molar-refractivity contribution in [3.8, 4) is 0 Å². The van der Waals surface area contributed by atoms with Crippen LogP contribution in [-0.4, -0.2) is 54.9 Å². The largest absolute Gasteiger partial charge is 0.302 e. The van der Waals surface area contributed by atoms with Gasteiger partial charge in [-0.25, -0.2) is 0 Å². The standard InChI is InChI=1S/C18H28N2O/c1-4-16(2)20-12-10-19(11-13-20)14-18(3,15-21)17-8-6-5-7-9-17/h5-9,15-16H,4,10-14H2,1-3H3. The van der Waals surface area contributed by atoms with Crippen LogP contribution >= 0.6 is 0 Å². The Kier molecular flexibility index (Phi) is 5.54. The topological polar surface area (TPSA) is 23.6 Å². The van der Waals surface area contributed by atoms with E-state index in [2.05, 4.69) is 42.7 Å². The van der Waals surface area contributed by atoms with Crippen molar-refractivity contribution in [3.05, 3.63) is 35.9 Å². The lowest BCUT2D eigenvalue weighted by atomic mass is 9.83. The lowest BCUT2D eigenvalue weighted by Gasteiger charge is -2.40. The molecule has 116 valence electrons. The van der Waals surface area contributed by atoms with Gasteiger partial charge in [0.15, 0.2) is 0 Å². The minimum atomic E-state index is -0.403. The van der Waals surface area contributed by atoms with Crippen LogP contribution in [0.1, 0.15) is 32.8 Å². The highest BCUT2D eigenvalue weighted by Crippen LogP contribution is 2.23. The Morgan fingerprint density at radius 1 is 1.19 bits per heavy atom. The number of nitrogens with zero attached hydrogens (tertiary/aromatic N) is 2. The average Bonchev–Trinajstić information content (AvgIpc) is 2.55. The Hall–Kier alpha value is -1.19. The average molecular weight is 288 g/mol. The van der Waals surface area contributed by atoms with Crippen LogP contribution in [0.4, 0.5) is 0 Å². The minimum absolute atomic E-state index is 0.403. The molecule has 1 aliphatic heterocycles. The molecule has 2 rings (SSSR count). The lowest BCUT2D eigenvalue weighted by Crippen LogP contribution is -2.52. The van der Waals surface area contributed by atoms with Gasteiger partial charge in [0.05, 0.1) is 5.41 Å². The van der Waals surface area contributed by atoms with Crippen molar-refractivity contribution >= 4 is 6.29 Å². The molecule has 3 heteroatoms. The van der Waals surface area contributed by atoms with Crippen LogP contribution in [0.3, 0.4) is 0 Å². The highest BCUT2D eigenvalue weighted by atomic mass is 16.1. The quantitative estimate of drug-likeness (QED) is 0.752. The van der Waals surface area contributed by atoms with Crippen molar-refractivity contribution in [1.29, 1.82) is 0 Å². The van der Waals surface area contributed by atoms with E-state index in [0.29, 0.717) is 6.04 Å². The maximum Gasteiger partial charge on any atom is 0.131 e. The van der Waals surface area contributed by atoms with Crippen LogP contribution in [-0.2, 0) is 10.2 Å². The highest BCUT2D eigenvalue weighted by Gasteiger charge is 2.30. The number of carbonyl (C=O) groups is 1. The molecule has 1 heterocycles. The van der Waals surface area contributed by atoms with Crippen molar-refractivity contribution in [2.75, 3.05) is 32.7 Å². The first-order valence-electron chi connectivity index (χ1n) is 8.07. The molecule has 1 aromatic carbocycles. The van der Waals surface area contributed by atoms with Gasteiger partial charge in [0.2, 0.25) is 0 Å². The Balaban J connectivity index is 1.97. The van der Waals surface area contributed by atoms with Crippen molar-refractivity contribution in [1.82, 2.24) is 9.80 Å². The molecule has 2 unspecified atom stereocenters. The third-order valence-electron chi connectivity index (χ3n) is 4.87. The number of aldehydes is 1. The molecular weight excluding hydrogens is 260 g/mol. The van der Waals surface area contributed by atoms with Crippen LogP contribution in [0.5, 0.6) is 0 Å². The van der Waals surface area contributed by atoms with E-state index in [1.54, 1.807) is 0 Å². The van der Waals surface area contributed by atoms with Crippen LogP contribution in [0, 0.1) is 0 Å². The predicted octanol–water partition coefficient (Wildman–Crippen LogP) is 2.56. The fourth-order valence-electron chi connectivity index (χ4n) is 3.10. The second kappa shape index (κ2) is 7.19. The number of hydrogen-bond donors (Lipinski definition) is 0. The summed E-state index contributed by atoms with van der Waals surface area (Å²) in [6.07, 6.45) is 2.32. The van der Waals surface area contributed by atoms with Crippen LogP contribution in [0.2, 0.25) is 0 Å². The monoisotopic (exact) mass is 288 g/mol. The fraction of sp³-hybridized carbons (Fsp3) is 0.611. The predicted molar refractivity (Wildman–Crippen MR) is 87.6 cm³/mol. The summed E-state index contributed by atoms with van der Waals surface area (Å²) in [5.41, 5.74) is 0.712. The van der Waals surface area contributed by atoms with Gasteiger partial charge in [0.25, 0.3) is 0 Å².